The second-order valence-electron chi connectivity index (χ2n) is 5.68. The molecule has 0 unspecified atom stereocenters. The Morgan fingerprint density at radius 3 is 2.90 bits per heavy atom. The van der Waals surface area contributed by atoms with Crippen molar-refractivity contribution in [3.63, 3.8) is 0 Å². The number of aliphatic carboxylic acids is 1. The number of carboxylic acid groups (broad SMARTS) is 1. The van der Waals surface area contributed by atoms with E-state index in [1.165, 1.54) is 10.4 Å². The van der Waals surface area contributed by atoms with Crippen LogP contribution >= 0.6 is 11.3 Å². The molecular formula is C14H18N2O3S. The fourth-order valence-corrected chi connectivity index (χ4v) is 3.86. The van der Waals surface area contributed by atoms with Crippen LogP contribution < -0.4 is 5.32 Å². The average Bonchev–Trinajstić information content (AvgIpc) is 2.82. The van der Waals surface area contributed by atoms with Crippen molar-refractivity contribution in [3.05, 3.63) is 21.9 Å². The van der Waals surface area contributed by atoms with Gasteiger partial charge in [0.05, 0.1) is 12.0 Å². The molecule has 1 aliphatic carbocycles. The molecule has 1 aromatic heterocycles. The van der Waals surface area contributed by atoms with Crippen LogP contribution in [0.1, 0.15) is 36.1 Å². The smallest absolute Gasteiger partial charge is 0.318 e. The van der Waals surface area contributed by atoms with E-state index in [9.17, 15) is 9.59 Å². The van der Waals surface area contributed by atoms with Gasteiger partial charge in [-0.3, -0.25) is 4.79 Å². The monoisotopic (exact) mass is 294 g/mol. The number of fused-ring (bicyclic) bond motifs is 1. The van der Waals surface area contributed by atoms with Crippen LogP contribution in [0.5, 0.6) is 0 Å². The number of carbonyl (C=O) groups excluding carboxylic acids is 1. The highest BCUT2D eigenvalue weighted by Gasteiger charge is 2.41. The van der Waals surface area contributed by atoms with Gasteiger partial charge in [-0.2, -0.15) is 0 Å². The Balaban J connectivity index is 1.64. The standard InChI is InChI=1S/C14H18N2O3S/c17-12(18)8-14(4-1-5-14)15-13(19)16-6-2-11-10(9-16)3-7-20-11/h3,7H,1-2,4-6,8-9H2,(H,15,19)(H,17,18). The molecule has 1 saturated carbocycles. The summed E-state index contributed by atoms with van der Waals surface area (Å²) in [6, 6.07) is 1.94. The molecule has 2 heterocycles. The van der Waals surface area contributed by atoms with Crippen LogP contribution in [0, 0.1) is 0 Å². The number of carbonyl (C=O) groups is 2. The zero-order valence-corrected chi connectivity index (χ0v) is 12.0. The molecule has 20 heavy (non-hydrogen) atoms. The number of amides is 2. The topological polar surface area (TPSA) is 69.6 Å². The van der Waals surface area contributed by atoms with Crippen LogP contribution in [0.4, 0.5) is 4.79 Å². The van der Waals surface area contributed by atoms with Gasteiger partial charge >= 0.3 is 12.0 Å². The number of nitrogens with one attached hydrogen (secondary N) is 1. The van der Waals surface area contributed by atoms with Crippen molar-refractivity contribution in [1.82, 2.24) is 10.2 Å². The molecule has 2 N–H and O–H groups in total. The summed E-state index contributed by atoms with van der Waals surface area (Å²) in [5.41, 5.74) is 0.704. The van der Waals surface area contributed by atoms with E-state index in [0.717, 1.165) is 25.7 Å². The van der Waals surface area contributed by atoms with Gasteiger partial charge in [0.2, 0.25) is 0 Å². The maximum absolute atomic E-state index is 12.3. The first-order valence-corrected chi connectivity index (χ1v) is 7.80. The third kappa shape index (κ3) is 2.52. The Hall–Kier alpha value is -1.56. The lowest BCUT2D eigenvalue weighted by molar-refractivity contribution is -0.139. The summed E-state index contributed by atoms with van der Waals surface area (Å²) in [7, 11) is 0. The van der Waals surface area contributed by atoms with Crippen molar-refractivity contribution in [1.29, 1.82) is 0 Å². The minimum absolute atomic E-state index is 0.0241. The third-order valence-corrected chi connectivity index (χ3v) is 5.29. The lowest BCUT2D eigenvalue weighted by Crippen LogP contribution is -2.58. The van der Waals surface area contributed by atoms with Crippen molar-refractivity contribution < 1.29 is 14.7 Å². The molecule has 0 aromatic carbocycles. The first kappa shape index (κ1) is 13.4. The summed E-state index contributed by atoms with van der Waals surface area (Å²) < 4.78 is 0. The minimum atomic E-state index is -0.844. The van der Waals surface area contributed by atoms with Crippen molar-refractivity contribution in [3.8, 4) is 0 Å². The lowest BCUT2D eigenvalue weighted by Gasteiger charge is -2.43. The molecule has 5 nitrogen and oxygen atoms in total. The maximum Gasteiger partial charge on any atom is 0.318 e. The third-order valence-electron chi connectivity index (χ3n) is 4.27. The molecule has 6 heteroatoms. The molecule has 2 aliphatic rings. The first-order chi connectivity index (χ1) is 9.58. The largest absolute Gasteiger partial charge is 0.481 e. The van der Waals surface area contributed by atoms with Gasteiger partial charge in [0.1, 0.15) is 0 Å². The molecule has 0 saturated heterocycles. The van der Waals surface area contributed by atoms with E-state index in [1.54, 1.807) is 16.2 Å². The van der Waals surface area contributed by atoms with Crippen molar-refractivity contribution in [2.24, 2.45) is 0 Å². The predicted molar refractivity (Wildman–Crippen MR) is 75.8 cm³/mol. The van der Waals surface area contributed by atoms with E-state index in [1.807, 2.05) is 0 Å². The molecular weight excluding hydrogens is 276 g/mol. The number of hydrogen-bond acceptors (Lipinski definition) is 3. The molecule has 1 aromatic rings. The predicted octanol–water partition coefficient (Wildman–Crippen LogP) is 2.21. The molecule has 1 aliphatic heterocycles. The molecule has 0 atom stereocenters. The fraction of sp³-hybridized carbons (Fsp3) is 0.571. The Bertz CT molecular complexity index is 536. The molecule has 3 rings (SSSR count). The minimum Gasteiger partial charge on any atom is -0.481 e. The molecule has 0 spiro atoms. The Morgan fingerprint density at radius 1 is 1.45 bits per heavy atom. The average molecular weight is 294 g/mol. The summed E-state index contributed by atoms with van der Waals surface area (Å²) in [5.74, 6) is -0.844. The molecule has 2 amide bonds. The quantitative estimate of drug-likeness (QED) is 0.898. The van der Waals surface area contributed by atoms with E-state index in [4.69, 9.17) is 5.11 Å². The van der Waals surface area contributed by atoms with E-state index in [-0.39, 0.29) is 12.5 Å². The number of hydrogen-bond donors (Lipinski definition) is 2. The number of nitrogens with zero attached hydrogens (tertiary/aromatic N) is 1. The van der Waals surface area contributed by atoms with E-state index < -0.39 is 11.5 Å². The zero-order chi connectivity index (χ0) is 14.2. The Kier molecular flexibility index (Phi) is 3.41. The van der Waals surface area contributed by atoms with Crippen molar-refractivity contribution >= 4 is 23.3 Å². The molecule has 108 valence electrons. The normalized spacial score (nSPS) is 19.9. The van der Waals surface area contributed by atoms with Crippen LogP contribution in [-0.2, 0) is 17.8 Å². The lowest BCUT2D eigenvalue weighted by atomic mass is 9.74. The zero-order valence-electron chi connectivity index (χ0n) is 11.2. The van der Waals surface area contributed by atoms with Gasteiger partial charge < -0.3 is 15.3 Å². The highest BCUT2D eigenvalue weighted by molar-refractivity contribution is 7.10. The number of urea groups is 1. The van der Waals surface area contributed by atoms with Gasteiger partial charge in [0, 0.05) is 18.0 Å². The SMILES string of the molecule is O=C(O)CC1(NC(=O)N2CCc3sccc3C2)CCC1. The highest BCUT2D eigenvalue weighted by atomic mass is 32.1. The summed E-state index contributed by atoms with van der Waals surface area (Å²) in [4.78, 5) is 26.4. The summed E-state index contributed by atoms with van der Waals surface area (Å²) >= 11 is 1.74. The van der Waals surface area contributed by atoms with Gasteiger partial charge in [-0.05, 0) is 42.7 Å². The highest BCUT2D eigenvalue weighted by Crippen LogP contribution is 2.35. The van der Waals surface area contributed by atoms with Gasteiger partial charge in [0.15, 0.2) is 0 Å². The van der Waals surface area contributed by atoms with Crippen LogP contribution in [0.25, 0.3) is 0 Å². The van der Waals surface area contributed by atoms with Gasteiger partial charge in [-0.25, -0.2) is 4.79 Å². The fourth-order valence-electron chi connectivity index (χ4n) is 2.97. The first-order valence-electron chi connectivity index (χ1n) is 6.92. The molecule has 1 fully saturated rings. The Labute approximate surface area is 121 Å². The van der Waals surface area contributed by atoms with Crippen LogP contribution in [0.3, 0.4) is 0 Å². The van der Waals surface area contributed by atoms with Gasteiger partial charge in [-0.1, -0.05) is 0 Å². The van der Waals surface area contributed by atoms with Gasteiger partial charge in [0.25, 0.3) is 0 Å². The Morgan fingerprint density at radius 2 is 2.25 bits per heavy atom. The van der Waals surface area contributed by atoms with Crippen LogP contribution in [0.2, 0.25) is 0 Å². The van der Waals surface area contributed by atoms with E-state index in [0.29, 0.717) is 13.1 Å². The van der Waals surface area contributed by atoms with E-state index in [2.05, 4.69) is 16.8 Å². The summed E-state index contributed by atoms with van der Waals surface area (Å²) in [6.07, 6.45) is 3.44. The van der Waals surface area contributed by atoms with Crippen LogP contribution in [-0.4, -0.2) is 34.1 Å². The number of rotatable bonds is 3. The molecule has 0 bridgehead atoms. The van der Waals surface area contributed by atoms with Gasteiger partial charge in [-0.15, -0.1) is 11.3 Å². The summed E-state index contributed by atoms with van der Waals surface area (Å²) in [6.45, 7) is 1.34. The summed E-state index contributed by atoms with van der Waals surface area (Å²) in [5, 5.41) is 14.0. The molecule has 0 radical (unpaired) electrons. The van der Waals surface area contributed by atoms with Crippen molar-refractivity contribution in [2.75, 3.05) is 6.54 Å². The second-order valence-corrected chi connectivity index (χ2v) is 6.68. The number of thiophene rings is 1. The number of carboxylic acids is 1. The van der Waals surface area contributed by atoms with Crippen molar-refractivity contribution in [2.45, 2.75) is 44.2 Å². The van der Waals surface area contributed by atoms with Crippen LogP contribution in [0.15, 0.2) is 11.4 Å². The second kappa shape index (κ2) is 5.09. The maximum atomic E-state index is 12.3. The van der Waals surface area contributed by atoms with E-state index >= 15 is 0 Å².